The molecule has 3 aliphatic rings. The Balaban J connectivity index is 1.57. The van der Waals surface area contributed by atoms with Gasteiger partial charge in [-0.2, -0.15) is 0 Å². The van der Waals surface area contributed by atoms with Gasteiger partial charge in [0.15, 0.2) is 0 Å². The van der Waals surface area contributed by atoms with Crippen LogP contribution in [-0.2, 0) is 4.74 Å². The van der Waals surface area contributed by atoms with Gasteiger partial charge in [-0.1, -0.05) is 6.42 Å². The summed E-state index contributed by atoms with van der Waals surface area (Å²) in [7, 11) is 2.24. The van der Waals surface area contributed by atoms with Crippen molar-refractivity contribution in [2.75, 3.05) is 33.4 Å². The van der Waals surface area contributed by atoms with Crippen molar-refractivity contribution >= 4 is 0 Å². The van der Waals surface area contributed by atoms with Crippen molar-refractivity contribution < 1.29 is 4.74 Å². The first-order chi connectivity index (χ1) is 8.78. The average Bonchev–Trinajstić information content (AvgIpc) is 2.76. The van der Waals surface area contributed by atoms with E-state index in [0.29, 0.717) is 5.41 Å². The molecule has 1 atom stereocenters. The molecule has 2 heterocycles. The maximum Gasteiger partial charge on any atom is 0.0471 e. The molecule has 104 valence electrons. The molecule has 0 aromatic rings. The van der Waals surface area contributed by atoms with Crippen molar-refractivity contribution in [1.82, 2.24) is 10.2 Å². The third kappa shape index (κ3) is 2.59. The highest BCUT2D eigenvalue weighted by atomic mass is 16.5. The van der Waals surface area contributed by atoms with Crippen LogP contribution in [0.5, 0.6) is 0 Å². The Labute approximate surface area is 111 Å². The van der Waals surface area contributed by atoms with Crippen LogP contribution in [0.15, 0.2) is 0 Å². The van der Waals surface area contributed by atoms with E-state index >= 15 is 0 Å². The monoisotopic (exact) mass is 252 g/mol. The number of piperidine rings is 1. The zero-order valence-electron chi connectivity index (χ0n) is 11.8. The minimum Gasteiger partial charge on any atom is -0.381 e. The van der Waals surface area contributed by atoms with Crippen molar-refractivity contribution in [3.63, 3.8) is 0 Å². The van der Waals surface area contributed by atoms with Crippen molar-refractivity contribution in [2.24, 2.45) is 5.41 Å². The largest absolute Gasteiger partial charge is 0.381 e. The third-order valence-electron chi connectivity index (χ3n) is 5.55. The predicted molar refractivity (Wildman–Crippen MR) is 73.8 cm³/mol. The van der Waals surface area contributed by atoms with Crippen molar-refractivity contribution in [2.45, 2.75) is 57.0 Å². The summed E-state index contributed by atoms with van der Waals surface area (Å²) in [4.78, 5) is 2.46. The summed E-state index contributed by atoms with van der Waals surface area (Å²) in [6.45, 7) is 4.51. The molecule has 1 unspecified atom stereocenters. The highest BCUT2D eigenvalue weighted by Gasteiger charge is 2.44. The number of hydrogen-bond acceptors (Lipinski definition) is 3. The summed E-state index contributed by atoms with van der Waals surface area (Å²) in [5, 5.41) is 4.02. The molecule has 1 aliphatic carbocycles. The van der Waals surface area contributed by atoms with Gasteiger partial charge in [0.1, 0.15) is 0 Å². The second-order valence-electron chi connectivity index (χ2n) is 6.66. The fourth-order valence-electron chi connectivity index (χ4n) is 4.23. The van der Waals surface area contributed by atoms with Crippen molar-refractivity contribution in [3.8, 4) is 0 Å². The first-order valence-electron chi connectivity index (χ1n) is 7.81. The first kappa shape index (κ1) is 12.9. The molecule has 3 heteroatoms. The first-order valence-corrected chi connectivity index (χ1v) is 7.81. The van der Waals surface area contributed by atoms with E-state index in [-0.39, 0.29) is 0 Å². The van der Waals surface area contributed by atoms with Crippen LogP contribution in [-0.4, -0.2) is 50.3 Å². The zero-order chi connectivity index (χ0) is 12.4. The van der Waals surface area contributed by atoms with Crippen LogP contribution in [0.2, 0.25) is 0 Å². The Bertz CT molecular complexity index is 268. The van der Waals surface area contributed by atoms with Crippen LogP contribution in [0, 0.1) is 5.41 Å². The van der Waals surface area contributed by atoms with E-state index in [1.165, 1.54) is 58.0 Å². The molecule has 2 saturated heterocycles. The summed E-state index contributed by atoms with van der Waals surface area (Å²) in [6, 6.07) is 1.54. The molecule has 1 spiro atoms. The number of hydrogen-bond donors (Lipinski definition) is 1. The van der Waals surface area contributed by atoms with Gasteiger partial charge in [-0.05, 0) is 64.1 Å². The Hall–Kier alpha value is -0.120. The van der Waals surface area contributed by atoms with Gasteiger partial charge in [-0.25, -0.2) is 0 Å². The van der Waals surface area contributed by atoms with Crippen LogP contribution >= 0.6 is 0 Å². The zero-order valence-corrected chi connectivity index (χ0v) is 11.8. The average molecular weight is 252 g/mol. The molecule has 0 amide bonds. The normalized spacial score (nSPS) is 34.2. The Morgan fingerprint density at radius 3 is 2.50 bits per heavy atom. The molecule has 1 N–H and O–H groups in total. The van der Waals surface area contributed by atoms with Gasteiger partial charge >= 0.3 is 0 Å². The highest BCUT2D eigenvalue weighted by molar-refractivity contribution is 4.99. The number of nitrogens with one attached hydrogen (secondary N) is 1. The van der Waals surface area contributed by atoms with Crippen LogP contribution in [0.1, 0.15) is 44.9 Å². The lowest BCUT2D eigenvalue weighted by atomic mass is 9.75. The maximum absolute atomic E-state index is 5.57. The van der Waals surface area contributed by atoms with Gasteiger partial charge < -0.3 is 15.0 Å². The Kier molecular flexibility index (Phi) is 3.92. The van der Waals surface area contributed by atoms with Gasteiger partial charge in [0.25, 0.3) is 0 Å². The second-order valence-corrected chi connectivity index (χ2v) is 6.66. The molecule has 0 bridgehead atoms. The predicted octanol–water partition coefficient (Wildman–Crippen LogP) is 2.02. The van der Waals surface area contributed by atoms with Crippen LogP contribution in [0.4, 0.5) is 0 Å². The lowest BCUT2D eigenvalue weighted by molar-refractivity contribution is 0.00109. The van der Waals surface area contributed by atoms with E-state index in [9.17, 15) is 0 Å². The van der Waals surface area contributed by atoms with Crippen molar-refractivity contribution in [1.29, 1.82) is 0 Å². The fraction of sp³-hybridized carbons (Fsp3) is 1.00. The molecule has 1 saturated carbocycles. The summed E-state index contributed by atoms with van der Waals surface area (Å²) in [5.41, 5.74) is 0.585. The van der Waals surface area contributed by atoms with E-state index in [4.69, 9.17) is 4.74 Å². The van der Waals surface area contributed by atoms with Gasteiger partial charge in [0.2, 0.25) is 0 Å². The smallest absolute Gasteiger partial charge is 0.0471 e. The van der Waals surface area contributed by atoms with Gasteiger partial charge in [-0.15, -0.1) is 0 Å². The number of likely N-dealkylation sites (tertiary alicyclic amines) is 1. The number of rotatable bonds is 2. The molecule has 0 radical (unpaired) electrons. The molecule has 3 nitrogen and oxygen atoms in total. The second kappa shape index (κ2) is 5.48. The standard InChI is InChI=1S/C15H28N2O/c1-17-9-4-13(5-10-17)16-14-3-2-6-15(14)7-11-18-12-8-15/h13-14,16H,2-12H2,1H3. The molecule has 3 rings (SSSR count). The SMILES string of the molecule is CN1CCC(NC2CCCC23CCOCC3)CC1. The lowest BCUT2D eigenvalue weighted by Gasteiger charge is -2.42. The summed E-state index contributed by atoms with van der Waals surface area (Å²) >= 11 is 0. The quantitative estimate of drug-likeness (QED) is 0.814. The Morgan fingerprint density at radius 1 is 1.06 bits per heavy atom. The molecule has 18 heavy (non-hydrogen) atoms. The van der Waals surface area contributed by atoms with E-state index in [0.717, 1.165) is 25.3 Å². The highest BCUT2D eigenvalue weighted by Crippen LogP contribution is 2.46. The maximum atomic E-state index is 5.57. The molecular formula is C15H28N2O. The van der Waals surface area contributed by atoms with Crippen LogP contribution in [0.25, 0.3) is 0 Å². The van der Waals surface area contributed by atoms with Crippen LogP contribution < -0.4 is 5.32 Å². The van der Waals surface area contributed by atoms with Gasteiger partial charge in [-0.3, -0.25) is 0 Å². The third-order valence-corrected chi connectivity index (χ3v) is 5.55. The molecule has 0 aromatic carbocycles. The summed E-state index contributed by atoms with van der Waals surface area (Å²) in [6.07, 6.45) is 9.49. The van der Waals surface area contributed by atoms with Crippen LogP contribution in [0.3, 0.4) is 0 Å². The minimum absolute atomic E-state index is 0.585. The van der Waals surface area contributed by atoms with Gasteiger partial charge in [0.05, 0.1) is 0 Å². The Morgan fingerprint density at radius 2 is 1.78 bits per heavy atom. The topological polar surface area (TPSA) is 24.5 Å². The van der Waals surface area contributed by atoms with E-state index in [1.54, 1.807) is 0 Å². The number of nitrogens with zero attached hydrogens (tertiary/aromatic N) is 1. The van der Waals surface area contributed by atoms with E-state index in [1.807, 2.05) is 0 Å². The molecular weight excluding hydrogens is 224 g/mol. The van der Waals surface area contributed by atoms with Crippen molar-refractivity contribution in [3.05, 3.63) is 0 Å². The molecule has 0 aromatic heterocycles. The van der Waals surface area contributed by atoms with E-state index < -0.39 is 0 Å². The molecule has 2 aliphatic heterocycles. The van der Waals surface area contributed by atoms with Gasteiger partial charge in [0, 0.05) is 25.3 Å². The summed E-state index contributed by atoms with van der Waals surface area (Å²) < 4.78 is 5.57. The minimum atomic E-state index is 0.585. The molecule has 3 fully saturated rings. The van der Waals surface area contributed by atoms with E-state index in [2.05, 4.69) is 17.3 Å². The number of ether oxygens (including phenoxy) is 1. The summed E-state index contributed by atoms with van der Waals surface area (Å²) in [5.74, 6) is 0. The fourth-order valence-corrected chi connectivity index (χ4v) is 4.23. The lowest BCUT2D eigenvalue weighted by Crippen LogP contribution is -2.51.